The van der Waals surface area contributed by atoms with Crippen LogP contribution in [0.25, 0.3) is 0 Å². The van der Waals surface area contributed by atoms with Gasteiger partial charge in [-0.1, -0.05) is 56.1 Å². The van der Waals surface area contributed by atoms with Crippen LogP contribution in [0, 0.1) is 13.8 Å². The molecule has 0 bridgehead atoms. The van der Waals surface area contributed by atoms with E-state index in [1.807, 2.05) is 0 Å². The lowest BCUT2D eigenvalue weighted by Crippen LogP contribution is -1.96. The van der Waals surface area contributed by atoms with E-state index in [0.29, 0.717) is 0 Å². The van der Waals surface area contributed by atoms with Crippen LogP contribution in [0.15, 0.2) is 41.7 Å². The maximum Gasteiger partial charge on any atom is -0.00892 e. The molecule has 0 fully saturated rings. The Bertz CT molecular complexity index is 379. The number of benzene rings is 1. The fourth-order valence-corrected chi connectivity index (χ4v) is 3.14. The highest BCUT2D eigenvalue weighted by molar-refractivity contribution is 7.51. The normalized spacial score (nSPS) is 15.4. The first-order chi connectivity index (χ1) is 6.74. The summed E-state index contributed by atoms with van der Waals surface area (Å²) in [6.07, 6.45) is 7.78. The van der Waals surface area contributed by atoms with Gasteiger partial charge in [-0.15, -0.1) is 0 Å². The van der Waals surface area contributed by atoms with Gasteiger partial charge in [0.05, 0.1) is 0 Å². The van der Waals surface area contributed by atoms with Crippen LogP contribution in [-0.4, -0.2) is 0 Å². The standard InChI is InChI=1S/C13H15P/c1-10-7-11(2)9-13(8-10)14-12-5-3-4-6-12/h3-5,7-9,14H,6H2,1-2H3. The monoisotopic (exact) mass is 202 g/mol. The van der Waals surface area contributed by atoms with Crippen LogP contribution in [0.2, 0.25) is 0 Å². The molecule has 0 saturated heterocycles. The van der Waals surface area contributed by atoms with Crippen LogP contribution < -0.4 is 5.30 Å². The highest BCUT2D eigenvalue weighted by Crippen LogP contribution is 2.29. The molecule has 0 N–H and O–H groups in total. The van der Waals surface area contributed by atoms with E-state index in [9.17, 15) is 0 Å². The van der Waals surface area contributed by atoms with Crippen LogP contribution in [0.4, 0.5) is 0 Å². The quantitative estimate of drug-likeness (QED) is 0.644. The van der Waals surface area contributed by atoms with Gasteiger partial charge in [0.25, 0.3) is 0 Å². The minimum Gasteiger partial charge on any atom is -0.0801 e. The Morgan fingerprint density at radius 1 is 1.07 bits per heavy atom. The molecule has 1 aromatic rings. The van der Waals surface area contributed by atoms with Crippen molar-refractivity contribution in [2.45, 2.75) is 20.3 Å². The molecule has 14 heavy (non-hydrogen) atoms. The molecule has 1 aromatic carbocycles. The highest BCUT2D eigenvalue weighted by Gasteiger charge is 2.02. The Balaban J connectivity index is 2.16. The zero-order valence-electron chi connectivity index (χ0n) is 8.67. The summed E-state index contributed by atoms with van der Waals surface area (Å²) in [7, 11) is 0.850. The van der Waals surface area contributed by atoms with Gasteiger partial charge in [-0.3, -0.25) is 0 Å². The lowest BCUT2D eigenvalue weighted by atomic mass is 10.2. The predicted molar refractivity (Wildman–Crippen MR) is 65.7 cm³/mol. The van der Waals surface area contributed by atoms with Gasteiger partial charge >= 0.3 is 0 Å². The summed E-state index contributed by atoms with van der Waals surface area (Å²) in [5, 5.41) is 3.02. The second kappa shape index (κ2) is 4.11. The number of aryl methyl sites for hydroxylation is 2. The van der Waals surface area contributed by atoms with Crippen LogP contribution in [-0.2, 0) is 0 Å². The van der Waals surface area contributed by atoms with Crippen molar-refractivity contribution in [3.8, 4) is 0 Å². The van der Waals surface area contributed by atoms with Crippen molar-refractivity contribution in [1.82, 2.24) is 0 Å². The molecule has 0 radical (unpaired) electrons. The number of hydrogen-bond donors (Lipinski definition) is 0. The molecule has 0 aromatic heterocycles. The van der Waals surface area contributed by atoms with Gasteiger partial charge in [-0.05, 0) is 30.9 Å². The molecule has 1 atom stereocenters. The Labute approximate surface area is 87.5 Å². The van der Waals surface area contributed by atoms with Crippen LogP contribution >= 0.6 is 8.58 Å². The first kappa shape index (κ1) is 9.68. The summed E-state index contributed by atoms with van der Waals surface area (Å²) < 4.78 is 0. The molecule has 0 heterocycles. The molecular formula is C13H15P. The first-order valence-electron chi connectivity index (χ1n) is 4.95. The molecule has 0 amide bonds. The van der Waals surface area contributed by atoms with Gasteiger partial charge in [-0.2, -0.15) is 0 Å². The van der Waals surface area contributed by atoms with E-state index < -0.39 is 0 Å². The van der Waals surface area contributed by atoms with Gasteiger partial charge in [0.1, 0.15) is 0 Å². The molecule has 2 rings (SSSR count). The fourth-order valence-electron chi connectivity index (χ4n) is 1.77. The van der Waals surface area contributed by atoms with Crippen molar-refractivity contribution in [3.05, 3.63) is 52.9 Å². The molecule has 1 unspecified atom stereocenters. The summed E-state index contributed by atoms with van der Waals surface area (Å²) in [5.74, 6) is 0. The number of rotatable bonds is 2. The molecule has 72 valence electrons. The van der Waals surface area contributed by atoms with E-state index in [2.05, 4.69) is 50.3 Å². The summed E-state index contributed by atoms with van der Waals surface area (Å²) in [6.45, 7) is 4.34. The molecule has 0 nitrogen and oxygen atoms in total. The molecule has 0 aliphatic heterocycles. The molecule has 1 aliphatic carbocycles. The summed E-state index contributed by atoms with van der Waals surface area (Å²) in [6, 6.07) is 6.82. The molecule has 1 heteroatoms. The SMILES string of the molecule is Cc1cc(C)cc(PC2=CC=CC2)c1. The van der Waals surface area contributed by atoms with Crippen LogP contribution in [0.5, 0.6) is 0 Å². The van der Waals surface area contributed by atoms with Crippen LogP contribution in [0.3, 0.4) is 0 Å². The maximum absolute atomic E-state index is 2.30. The van der Waals surface area contributed by atoms with E-state index in [1.165, 1.54) is 16.4 Å². The predicted octanol–water partition coefficient (Wildman–Crippen LogP) is 3.45. The summed E-state index contributed by atoms with van der Waals surface area (Å²) in [4.78, 5) is 0. The lowest BCUT2D eigenvalue weighted by molar-refractivity contribution is 1.40. The van der Waals surface area contributed by atoms with Gasteiger partial charge in [0, 0.05) is 0 Å². The Morgan fingerprint density at radius 3 is 2.36 bits per heavy atom. The molecule has 0 saturated carbocycles. The van der Waals surface area contributed by atoms with Gasteiger partial charge < -0.3 is 0 Å². The highest BCUT2D eigenvalue weighted by atomic mass is 31.1. The van der Waals surface area contributed by atoms with E-state index in [0.717, 1.165) is 15.0 Å². The Kier molecular flexibility index (Phi) is 2.84. The second-order valence-corrected chi connectivity index (χ2v) is 5.30. The fraction of sp³-hybridized carbons (Fsp3) is 0.231. The zero-order chi connectivity index (χ0) is 9.97. The molecule has 1 aliphatic rings. The third kappa shape index (κ3) is 2.33. The van der Waals surface area contributed by atoms with Crippen LogP contribution in [0.1, 0.15) is 17.5 Å². The third-order valence-electron chi connectivity index (χ3n) is 2.30. The first-order valence-corrected chi connectivity index (χ1v) is 5.95. The van der Waals surface area contributed by atoms with Crippen molar-refractivity contribution < 1.29 is 0 Å². The second-order valence-electron chi connectivity index (χ2n) is 3.83. The minimum atomic E-state index is 0.850. The Hall–Kier alpha value is -0.870. The Morgan fingerprint density at radius 2 is 1.79 bits per heavy atom. The van der Waals surface area contributed by atoms with Crippen molar-refractivity contribution in [3.63, 3.8) is 0 Å². The van der Waals surface area contributed by atoms with Gasteiger partial charge in [0.2, 0.25) is 0 Å². The zero-order valence-corrected chi connectivity index (χ0v) is 9.67. The minimum absolute atomic E-state index is 0.850. The summed E-state index contributed by atoms with van der Waals surface area (Å²) >= 11 is 0. The molecular weight excluding hydrogens is 187 g/mol. The smallest absolute Gasteiger partial charge is 0.00892 e. The largest absolute Gasteiger partial charge is 0.0801 e. The lowest BCUT2D eigenvalue weighted by Gasteiger charge is -2.05. The maximum atomic E-state index is 2.30. The summed E-state index contributed by atoms with van der Waals surface area (Å²) in [5.41, 5.74) is 2.75. The number of allylic oxidation sites excluding steroid dienone is 4. The van der Waals surface area contributed by atoms with Crippen molar-refractivity contribution in [1.29, 1.82) is 0 Å². The average Bonchev–Trinajstić information content (AvgIpc) is 2.54. The number of hydrogen-bond acceptors (Lipinski definition) is 0. The van der Waals surface area contributed by atoms with Gasteiger partial charge in [0.15, 0.2) is 0 Å². The van der Waals surface area contributed by atoms with E-state index in [-0.39, 0.29) is 0 Å². The topological polar surface area (TPSA) is 0 Å². The van der Waals surface area contributed by atoms with E-state index in [1.54, 1.807) is 5.31 Å². The van der Waals surface area contributed by atoms with Crippen molar-refractivity contribution in [2.24, 2.45) is 0 Å². The third-order valence-corrected chi connectivity index (χ3v) is 3.57. The van der Waals surface area contributed by atoms with E-state index in [4.69, 9.17) is 0 Å². The molecule has 0 spiro atoms. The van der Waals surface area contributed by atoms with Crippen molar-refractivity contribution in [2.75, 3.05) is 0 Å². The average molecular weight is 202 g/mol. The van der Waals surface area contributed by atoms with Crippen molar-refractivity contribution >= 4 is 13.9 Å². The van der Waals surface area contributed by atoms with Gasteiger partial charge in [-0.25, -0.2) is 0 Å². The van der Waals surface area contributed by atoms with E-state index >= 15 is 0 Å².